The molecule has 0 radical (unpaired) electrons. The third-order valence-corrected chi connectivity index (χ3v) is 5.22. The van der Waals surface area contributed by atoms with Crippen LogP contribution in [0.25, 0.3) is 0 Å². The van der Waals surface area contributed by atoms with E-state index in [2.05, 4.69) is 0 Å². The highest BCUT2D eigenvalue weighted by molar-refractivity contribution is 8.01. The van der Waals surface area contributed by atoms with Crippen molar-refractivity contribution in [1.82, 2.24) is 4.31 Å². The van der Waals surface area contributed by atoms with Crippen LogP contribution in [0.15, 0.2) is 29.2 Å². The second-order valence-corrected chi connectivity index (χ2v) is 6.43. The molecule has 0 saturated heterocycles. The summed E-state index contributed by atoms with van der Waals surface area (Å²) in [7, 11) is -0.259. The summed E-state index contributed by atoms with van der Waals surface area (Å²) >= 11 is 1.54. The van der Waals surface area contributed by atoms with E-state index in [4.69, 9.17) is 0 Å². The Balaban J connectivity index is 2.45. The van der Waals surface area contributed by atoms with Crippen LogP contribution in [0.5, 0.6) is 0 Å². The SMILES string of the molecule is CN(C)S(=O)(=O)N1CSc2ccccc21. The fourth-order valence-electron chi connectivity index (χ4n) is 1.37. The van der Waals surface area contributed by atoms with E-state index in [9.17, 15) is 8.42 Å². The van der Waals surface area contributed by atoms with Gasteiger partial charge in [-0.15, -0.1) is 11.8 Å². The molecule has 0 aliphatic carbocycles. The van der Waals surface area contributed by atoms with Crippen molar-refractivity contribution in [2.75, 3.05) is 24.3 Å². The normalized spacial score (nSPS) is 15.8. The molecule has 0 saturated carbocycles. The van der Waals surface area contributed by atoms with Crippen LogP contribution in [-0.2, 0) is 10.2 Å². The first-order valence-electron chi connectivity index (χ1n) is 4.45. The first-order chi connectivity index (χ1) is 7.03. The highest BCUT2D eigenvalue weighted by Gasteiger charge is 2.30. The molecular formula is C9H12N2O2S2. The Bertz CT molecular complexity index is 471. The lowest BCUT2D eigenvalue weighted by Crippen LogP contribution is -2.38. The van der Waals surface area contributed by atoms with Gasteiger partial charge in [0.1, 0.15) is 0 Å². The minimum atomic E-state index is -3.34. The Morgan fingerprint density at radius 1 is 1.33 bits per heavy atom. The summed E-state index contributed by atoms with van der Waals surface area (Å²) in [4.78, 5) is 1.02. The van der Waals surface area contributed by atoms with Crippen LogP contribution in [0.3, 0.4) is 0 Å². The molecule has 15 heavy (non-hydrogen) atoms. The molecule has 0 unspecified atom stereocenters. The molecule has 1 aliphatic rings. The van der Waals surface area contributed by atoms with Crippen molar-refractivity contribution in [3.8, 4) is 0 Å². The largest absolute Gasteiger partial charge is 0.304 e. The lowest BCUT2D eigenvalue weighted by atomic mass is 10.3. The summed E-state index contributed by atoms with van der Waals surface area (Å²) in [6.07, 6.45) is 0. The Hall–Kier alpha value is -0.720. The molecule has 0 aromatic heterocycles. The second kappa shape index (κ2) is 3.70. The smallest absolute Gasteiger partial charge is 0.246 e. The number of benzene rings is 1. The minimum Gasteiger partial charge on any atom is -0.246 e. The zero-order chi connectivity index (χ0) is 11.1. The van der Waals surface area contributed by atoms with E-state index >= 15 is 0 Å². The van der Waals surface area contributed by atoms with Gasteiger partial charge in [-0.2, -0.15) is 12.7 Å². The van der Waals surface area contributed by atoms with E-state index in [1.54, 1.807) is 25.9 Å². The lowest BCUT2D eigenvalue weighted by molar-refractivity contribution is 0.518. The van der Waals surface area contributed by atoms with E-state index in [0.29, 0.717) is 5.88 Å². The van der Waals surface area contributed by atoms with Gasteiger partial charge in [-0.1, -0.05) is 12.1 Å². The van der Waals surface area contributed by atoms with Crippen LogP contribution >= 0.6 is 11.8 Å². The average Bonchev–Trinajstić information content (AvgIpc) is 2.61. The summed E-state index contributed by atoms with van der Waals surface area (Å²) in [5.41, 5.74) is 0.774. The highest BCUT2D eigenvalue weighted by atomic mass is 32.2. The molecule has 0 fully saturated rings. The molecule has 0 spiro atoms. The number of hydrogen-bond donors (Lipinski definition) is 0. The van der Waals surface area contributed by atoms with Gasteiger partial charge in [0.15, 0.2) is 0 Å². The minimum absolute atomic E-state index is 0.458. The molecular weight excluding hydrogens is 232 g/mol. The third-order valence-electron chi connectivity index (χ3n) is 2.21. The van der Waals surface area contributed by atoms with Crippen molar-refractivity contribution >= 4 is 27.7 Å². The first-order valence-corrected chi connectivity index (χ1v) is 6.84. The fourth-order valence-corrected chi connectivity index (χ4v) is 3.82. The van der Waals surface area contributed by atoms with E-state index < -0.39 is 10.2 Å². The Morgan fingerprint density at radius 3 is 2.67 bits per heavy atom. The summed E-state index contributed by atoms with van der Waals surface area (Å²) in [5, 5.41) is 0. The molecule has 0 bridgehead atoms. The quantitative estimate of drug-likeness (QED) is 0.789. The monoisotopic (exact) mass is 244 g/mol. The summed E-state index contributed by atoms with van der Waals surface area (Å²) in [6, 6.07) is 7.53. The van der Waals surface area contributed by atoms with Crippen LogP contribution in [0.1, 0.15) is 0 Å². The van der Waals surface area contributed by atoms with Crippen molar-refractivity contribution in [3.05, 3.63) is 24.3 Å². The van der Waals surface area contributed by atoms with Crippen LogP contribution in [-0.4, -0.2) is 32.7 Å². The van der Waals surface area contributed by atoms with Crippen LogP contribution < -0.4 is 4.31 Å². The molecule has 1 aromatic carbocycles. The zero-order valence-corrected chi connectivity index (χ0v) is 10.2. The van der Waals surface area contributed by atoms with Crippen molar-refractivity contribution in [2.45, 2.75) is 4.90 Å². The number of nitrogens with zero attached hydrogens (tertiary/aromatic N) is 2. The number of anilines is 1. The fraction of sp³-hybridized carbons (Fsp3) is 0.333. The Kier molecular flexibility index (Phi) is 2.66. The summed E-state index contributed by atoms with van der Waals surface area (Å²) < 4.78 is 26.5. The van der Waals surface area contributed by atoms with Gasteiger partial charge >= 0.3 is 10.2 Å². The van der Waals surface area contributed by atoms with Crippen LogP contribution in [0.4, 0.5) is 5.69 Å². The topological polar surface area (TPSA) is 40.6 Å². The number of hydrogen-bond acceptors (Lipinski definition) is 3. The molecule has 0 amide bonds. The molecule has 1 aromatic rings. The second-order valence-electron chi connectivity index (χ2n) is 3.38. The third kappa shape index (κ3) is 1.73. The molecule has 1 heterocycles. The van der Waals surface area contributed by atoms with Gasteiger partial charge in [0.05, 0.1) is 11.6 Å². The standard InChI is InChI=1S/C9H12N2O2S2/c1-10(2)15(12,13)11-7-14-9-6-4-3-5-8(9)11/h3-6H,7H2,1-2H3. The number of para-hydroxylation sites is 1. The molecule has 6 heteroatoms. The number of thioether (sulfide) groups is 1. The van der Waals surface area contributed by atoms with Gasteiger partial charge in [-0.25, -0.2) is 4.31 Å². The van der Waals surface area contributed by atoms with E-state index in [1.807, 2.05) is 24.3 Å². The molecule has 0 N–H and O–H groups in total. The maximum absolute atomic E-state index is 11.9. The Labute approximate surface area is 94.1 Å². The van der Waals surface area contributed by atoms with Gasteiger partial charge in [0.2, 0.25) is 0 Å². The predicted molar refractivity (Wildman–Crippen MR) is 62.3 cm³/mol. The van der Waals surface area contributed by atoms with Gasteiger partial charge in [-0.3, -0.25) is 0 Å². The van der Waals surface area contributed by atoms with Gasteiger partial charge in [-0.05, 0) is 12.1 Å². The van der Waals surface area contributed by atoms with E-state index in [1.165, 1.54) is 8.61 Å². The molecule has 82 valence electrons. The Morgan fingerprint density at radius 2 is 2.00 bits per heavy atom. The average molecular weight is 244 g/mol. The van der Waals surface area contributed by atoms with Crippen LogP contribution in [0.2, 0.25) is 0 Å². The van der Waals surface area contributed by atoms with Crippen LogP contribution in [0, 0.1) is 0 Å². The zero-order valence-electron chi connectivity index (χ0n) is 8.54. The number of rotatable bonds is 2. The highest BCUT2D eigenvalue weighted by Crippen LogP contribution is 2.39. The van der Waals surface area contributed by atoms with Crippen molar-refractivity contribution in [2.24, 2.45) is 0 Å². The first kappa shape index (κ1) is 10.8. The number of fused-ring (bicyclic) bond motifs is 1. The predicted octanol–water partition coefficient (Wildman–Crippen LogP) is 1.36. The molecule has 0 atom stereocenters. The van der Waals surface area contributed by atoms with Crippen molar-refractivity contribution in [3.63, 3.8) is 0 Å². The lowest BCUT2D eigenvalue weighted by Gasteiger charge is -2.22. The van der Waals surface area contributed by atoms with Gasteiger partial charge < -0.3 is 0 Å². The van der Waals surface area contributed by atoms with E-state index in [-0.39, 0.29) is 0 Å². The van der Waals surface area contributed by atoms with Crippen molar-refractivity contribution in [1.29, 1.82) is 0 Å². The van der Waals surface area contributed by atoms with Gasteiger partial charge in [0, 0.05) is 19.0 Å². The maximum Gasteiger partial charge on any atom is 0.304 e. The molecule has 4 nitrogen and oxygen atoms in total. The van der Waals surface area contributed by atoms with Gasteiger partial charge in [0.25, 0.3) is 0 Å². The molecule has 1 aliphatic heterocycles. The van der Waals surface area contributed by atoms with E-state index in [0.717, 1.165) is 10.6 Å². The summed E-state index contributed by atoms with van der Waals surface area (Å²) in [5.74, 6) is 0.458. The van der Waals surface area contributed by atoms with Crippen molar-refractivity contribution < 1.29 is 8.42 Å². The maximum atomic E-state index is 11.9. The summed E-state index contributed by atoms with van der Waals surface area (Å²) in [6.45, 7) is 0. The molecule has 2 rings (SSSR count).